The van der Waals surface area contributed by atoms with E-state index in [1.54, 1.807) is 19.1 Å². The number of imide groups is 1. The molecule has 3 aromatic rings. The van der Waals surface area contributed by atoms with Gasteiger partial charge in [-0.25, -0.2) is 14.1 Å². The van der Waals surface area contributed by atoms with E-state index in [4.69, 9.17) is 0 Å². The van der Waals surface area contributed by atoms with Crippen molar-refractivity contribution in [2.24, 2.45) is 0 Å². The number of nitrogens with one attached hydrogen (secondary N) is 1. The number of fused-ring (bicyclic) bond motifs is 1. The molecule has 180 valence electrons. The second-order valence-electron chi connectivity index (χ2n) is 9.32. The number of piperazine rings is 1. The van der Waals surface area contributed by atoms with Crippen molar-refractivity contribution in [2.75, 3.05) is 37.7 Å². The second kappa shape index (κ2) is 8.78. The average Bonchev–Trinajstić information content (AvgIpc) is 3.08. The molecule has 35 heavy (non-hydrogen) atoms. The van der Waals surface area contributed by atoms with E-state index in [2.05, 4.69) is 5.32 Å². The molecule has 2 aliphatic heterocycles. The summed E-state index contributed by atoms with van der Waals surface area (Å²) in [6.45, 7) is 5.54. The number of Topliss-reactive ketones (excluding diaryl/α,β-unsaturated/α-hetero) is 1. The Morgan fingerprint density at radius 2 is 1.69 bits per heavy atom. The lowest BCUT2D eigenvalue weighted by Crippen LogP contribution is -2.51. The van der Waals surface area contributed by atoms with Crippen molar-refractivity contribution >= 4 is 34.2 Å². The Bertz CT molecular complexity index is 1340. The summed E-state index contributed by atoms with van der Waals surface area (Å²) in [5, 5.41) is 4.95. The fraction of sp³-hybridized carbons (Fsp3) is 0.296. The first-order valence-corrected chi connectivity index (χ1v) is 11.7. The summed E-state index contributed by atoms with van der Waals surface area (Å²) < 4.78 is 14.6. The number of rotatable bonds is 5. The van der Waals surface area contributed by atoms with Gasteiger partial charge in [0.25, 0.3) is 5.91 Å². The van der Waals surface area contributed by atoms with Gasteiger partial charge in [-0.05, 0) is 54.4 Å². The number of carbonyl (C=O) groups excluding carboxylic acids is 3. The van der Waals surface area contributed by atoms with Gasteiger partial charge in [0, 0.05) is 31.7 Å². The Morgan fingerprint density at radius 3 is 2.37 bits per heavy atom. The van der Waals surface area contributed by atoms with E-state index in [0.29, 0.717) is 37.4 Å². The Labute approximate surface area is 203 Å². The molecule has 1 atom stereocenters. The molecule has 0 radical (unpaired) electrons. The fourth-order valence-electron chi connectivity index (χ4n) is 4.83. The molecule has 0 aliphatic carbocycles. The van der Waals surface area contributed by atoms with Crippen LogP contribution in [0, 0.1) is 5.82 Å². The highest BCUT2D eigenvalue weighted by Crippen LogP contribution is 2.31. The normalized spacial score (nSPS) is 21.0. The Balaban J connectivity index is 1.26. The van der Waals surface area contributed by atoms with Crippen LogP contribution in [0.4, 0.5) is 14.9 Å². The van der Waals surface area contributed by atoms with E-state index in [-0.39, 0.29) is 18.4 Å². The molecule has 0 aromatic heterocycles. The van der Waals surface area contributed by atoms with Crippen LogP contribution in [0.15, 0.2) is 60.7 Å². The molecule has 0 spiro atoms. The number of nitrogens with zero attached hydrogens (tertiary/aromatic N) is 3. The maximum atomic E-state index is 14.6. The van der Waals surface area contributed by atoms with Crippen LogP contribution >= 0.6 is 0 Å². The zero-order chi connectivity index (χ0) is 24.7. The fourth-order valence-corrected chi connectivity index (χ4v) is 4.83. The van der Waals surface area contributed by atoms with Gasteiger partial charge in [-0.3, -0.25) is 14.5 Å². The minimum Gasteiger partial charge on any atom is -0.367 e. The topological polar surface area (TPSA) is 73.0 Å². The number of carbonyl (C=O) groups is 3. The first kappa shape index (κ1) is 23.0. The molecule has 7 nitrogen and oxygen atoms in total. The Kier molecular flexibility index (Phi) is 5.76. The third kappa shape index (κ3) is 4.14. The number of benzene rings is 3. The number of hydrogen-bond donors (Lipinski definition) is 1. The first-order valence-electron chi connectivity index (χ1n) is 11.7. The summed E-state index contributed by atoms with van der Waals surface area (Å²) in [5.74, 6) is -0.887. The van der Waals surface area contributed by atoms with Gasteiger partial charge in [0.1, 0.15) is 11.4 Å². The van der Waals surface area contributed by atoms with Crippen molar-refractivity contribution in [3.63, 3.8) is 0 Å². The summed E-state index contributed by atoms with van der Waals surface area (Å²) in [6, 6.07) is 17.8. The number of halogens is 1. The lowest BCUT2D eigenvalue weighted by atomic mass is 9.90. The molecular weight excluding hydrogens is 447 g/mol. The van der Waals surface area contributed by atoms with Crippen molar-refractivity contribution in [1.82, 2.24) is 15.1 Å². The number of hydrogen-bond acceptors (Lipinski definition) is 5. The third-order valence-electron chi connectivity index (χ3n) is 7.01. The van der Waals surface area contributed by atoms with E-state index in [1.165, 1.54) is 17.9 Å². The van der Waals surface area contributed by atoms with Gasteiger partial charge in [0.05, 0.1) is 12.4 Å². The second-order valence-corrected chi connectivity index (χ2v) is 9.32. The minimum atomic E-state index is -1.13. The number of urea groups is 1. The van der Waals surface area contributed by atoms with Gasteiger partial charge >= 0.3 is 6.03 Å². The molecule has 2 saturated heterocycles. The molecular formula is C27H27FN4O3. The highest BCUT2D eigenvalue weighted by molar-refractivity contribution is 6.07. The number of anilines is 1. The van der Waals surface area contributed by atoms with Crippen molar-refractivity contribution in [3.05, 3.63) is 77.6 Å². The molecule has 0 bridgehead atoms. The van der Waals surface area contributed by atoms with Gasteiger partial charge < -0.3 is 10.2 Å². The first-order chi connectivity index (χ1) is 16.8. The summed E-state index contributed by atoms with van der Waals surface area (Å²) in [6.07, 6.45) is 0. The van der Waals surface area contributed by atoms with Gasteiger partial charge in [0.2, 0.25) is 0 Å². The van der Waals surface area contributed by atoms with Crippen LogP contribution in [0.1, 0.15) is 29.8 Å². The summed E-state index contributed by atoms with van der Waals surface area (Å²) in [7, 11) is 0. The van der Waals surface area contributed by atoms with Crippen LogP contribution in [0.2, 0.25) is 0 Å². The van der Waals surface area contributed by atoms with Crippen molar-refractivity contribution in [1.29, 1.82) is 0 Å². The van der Waals surface area contributed by atoms with Crippen LogP contribution in [0.3, 0.4) is 0 Å². The maximum absolute atomic E-state index is 14.6. The quantitative estimate of drug-likeness (QED) is 0.451. The lowest BCUT2D eigenvalue weighted by molar-refractivity contribution is -0.132. The molecule has 0 unspecified atom stereocenters. The maximum Gasteiger partial charge on any atom is 0.326 e. The molecule has 2 fully saturated rings. The van der Waals surface area contributed by atoms with Crippen molar-refractivity contribution in [2.45, 2.75) is 19.4 Å². The van der Waals surface area contributed by atoms with Gasteiger partial charge in [-0.1, -0.05) is 36.4 Å². The van der Waals surface area contributed by atoms with Crippen molar-refractivity contribution in [3.8, 4) is 0 Å². The average molecular weight is 475 g/mol. The Hall–Kier alpha value is -3.78. The third-order valence-corrected chi connectivity index (χ3v) is 7.01. The van der Waals surface area contributed by atoms with Crippen molar-refractivity contribution < 1.29 is 18.8 Å². The molecule has 0 saturated carbocycles. The van der Waals surface area contributed by atoms with E-state index in [9.17, 15) is 18.8 Å². The molecule has 1 N–H and O–H groups in total. The number of amides is 3. The molecule has 2 heterocycles. The zero-order valence-corrected chi connectivity index (χ0v) is 19.8. The minimum absolute atomic E-state index is 0.174. The number of ketones is 1. The molecule has 5 rings (SSSR count). The van der Waals surface area contributed by atoms with Crippen LogP contribution in [-0.2, 0) is 10.3 Å². The van der Waals surface area contributed by atoms with E-state index < -0.39 is 17.4 Å². The summed E-state index contributed by atoms with van der Waals surface area (Å²) >= 11 is 0. The highest BCUT2D eigenvalue weighted by Gasteiger charge is 2.49. The molecule has 2 aliphatic rings. The van der Waals surface area contributed by atoms with E-state index in [0.717, 1.165) is 16.3 Å². The largest absolute Gasteiger partial charge is 0.367 e. The highest BCUT2D eigenvalue weighted by atomic mass is 19.1. The predicted molar refractivity (Wildman–Crippen MR) is 132 cm³/mol. The van der Waals surface area contributed by atoms with Crippen LogP contribution < -0.4 is 10.2 Å². The zero-order valence-electron chi connectivity index (χ0n) is 19.8. The molecule has 8 heteroatoms. The Morgan fingerprint density at radius 1 is 0.971 bits per heavy atom. The van der Waals surface area contributed by atoms with Crippen LogP contribution in [0.5, 0.6) is 0 Å². The summed E-state index contributed by atoms with van der Waals surface area (Å²) in [5.41, 5.74) is 0.405. The monoisotopic (exact) mass is 474 g/mol. The van der Waals surface area contributed by atoms with Gasteiger partial charge in [-0.15, -0.1) is 0 Å². The van der Waals surface area contributed by atoms with Gasteiger partial charge in [0.15, 0.2) is 5.78 Å². The van der Waals surface area contributed by atoms with Crippen LogP contribution in [-0.4, -0.2) is 60.4 Å². The van der Waals surface area contributed by atoms with Gasteiger partial charge in [-0.2, -0.15) is 0 Å². The summed E-state index contributed by atoms with van der Waals surface area (Å²) in [4.78, 5) is 42.9. The molecule has 3 aromatic carbocycles. The van der Waals surface area contributed by atoms with E-state index >= 15 is 0 Å². The smallest absolute Gasteiger partial charge is 0.326 e. The predicted octanol–water partition coefficient (Wildman–Crippen LogP) is 3.73. The standard InChI is InChI=1S/C27H27FN4O3/c1-18(33)20-8-10-24(23(28)16-20)31-13-11-30(12-14-31)17-32-25(34)27(2,29-26(32)35)22-9-7-19-5-3-4-6-21(19)15-22/h3-10,15-16H,11-14,17H2,1-2H3,(H,29,35)/t27-/m1/s1. The molecule has 3 amide bonds. The van der Waals surface area contributed by atoms with Crippen LogP contribution in [0.25, 0.3) is 10.8 Å². The lowest BCUT2D eigenvalue weighted by Gasteiger charge is -2.37. The van der Waals surface area contributed by atoms with E-state index in [1.807, 2.05) is 52.3 Å². The SMILES string of the molecule is CC(=O)c1ccc(N2CCN(CN3C(=O)N[C@](C)(c4ccc5ccccc5c4)C3=O)CC2)c(F)c1.